The largest absolute Gasteiger partial charge is 0.388 e. The van der Waals surface area contributed by atoms with Crippen LogP contribution >= 0.6 is 0 Å². The second-order valence-corrected chi connectivity index (χ2v) is 11.9. The Kier molecular flexibility index (Phi) is 5.60. The highest BCUT2D eigenvalue weighted by molar-refractivity contribution is 5.55. The van der Waals surface area contributed by atoms with Crippen LogP contribution in [-0.2, 0) is 21.0 Å². The summed E-state index contributed by atoms with van der Waals surface area (Å²) in [6.45, 7) is 8.58. The molecule has 2 aromatic rings. The maximum absolute atomic E-state index is 13.9. The minimum absolute atomic E-state index is 0.134. The van der Waals surface area contributed by atoms with E-state index in [0.29, 0.717) is 26.1 Å². The quantitative estimate of drug-likeness (QED) is 0.520. The Morgan fingerprint density at radius 1 is 1.11 bits per heavy atom. The standard InChI is InChI=1S/C29H36F2N2O3/c1-16(2)24-22-23(21-19(34)14-28(8-5-9-28)17(3)25(21)33-24)29(10-12-35-13-11-29)36-26(22)18-6-7-20(32-15-18)27(4,30)31/h6-7,15-17,19,26,34H,5,8-14H2,1-4H3/t17-,19-,26+/m0/s1. The second kappa shape index (κ2) is 8.27. The van der Waals surface area contributed by atoms with Crippen molar-refractivity contribution in [1.82, 2.24) is 9.97 Å². The monoisotopic (exact) mass is 498 g/mol. The molecule has 1 N–H and O–H groups in total. The summed E-state index contributed by atoms with van der Waals surface area (Å²) in [7, 11) is 0. The van der Waals surface area contributed by atoms with Crippen LogP contribution in [0.15, 0.2) is 18.3 Å². The highest BCUT2D eigenvalue weighted by Gasteiger charge is 2.55. The van der Waals surface area contributed by atoms with E-state index in [-0.39, 0.29) is 22.9 Å². The fourth-order valence-electron chi connectivity index (χ4n) is 7.20. The van der Waals surface area contributed by atoms with E-state index in [1.165, 1.54) is 18.7 Å². The zero-order chi connectivity index (χ0) is 25.5. The molecule has 1 saturated heterocycles. The first-order chi connectivity index (χ1) is 17.1. The Morgan fingerprint density at radius 2 is 1.83 bits per heavy atom. The number of hydrogen-bond acceptors (Lipinski definition) is 5. The van der Waals surface area contributed by atoms with Gasteiger partial charge < -0.3 is 14.6 Å². The third-order valence-corrected chi connectivity index (χ3v) is 9.39. The van der Waals surface area contributed by atoms with Crippen LogP contribution in [0.4, 0.5) is 8.78 Å². The van der Waals surface area contributed by atoms with E-state index in [9.17, 15) is 13.9 Å². The highest BCUT2D eigenvalue weighted by Crippen LogP contribution is 2.63. The van der Waals surface area contributed by atoms with Crippen molar-refractivity contribution in [1.29, 1.82) is 0 Å². The van der Waals surface area contributed by atoms with E-state index in [1.54, 1.807) is 6.07 Å². The van der Waals surface area contributed by atoms with Crippen molar-refractivity contribution in [3.05, 3.63) is 57.7 Å². The van der Waals surface area contributed by atoms with Crippen molar-refractivity contribution >= 4 is 0 Å². The van der Waals surface area contributed by atoms with Gasteiger partial charge in [-0.25, -0.2) is 0 Å². The molecule has 5 nitrogen and oxygen atoms in total. The molecule has 0 radical (unpaired) electrons. The van der Waals surface area contributed by atoms with Gasteiger partial charge in [0.2, 0.25) is 0 Å². The summed E-state index contributed by atoms with van der Waals surface area (Å²) in [5.74, 6) is -2.59. The summed E-state index contributed by atoms with van der Waals surface area (Å²) in [5.41, 5.74) is 5.08. The Bertz CT molecular complexity index is 1160. The van der Waals surface area contributed by atoms with Crippen molar-refractivity contribution in [3.8, 4) is 0 Å². The third kappa shape index (κ3) is 3.49. The van der Waals surface area contributed by atoms with Crippen LogP contribution in [0, 0.1) is 5.41 Å². The molecule has 194 valence electrons. The molecule has 2 fully saturated rings. The third-order valence-electron chi connectivity index (χ3n) is 9.39. The van der Waals surface area contributed by atoms with E-state index < -0.39 is 23.7 Å². The van der Waals surface area contributed by atoms with E-state index in [4.69, 9.17) is 14.5 Å². The number of aliphatic hydroxyl groups excluding tert-OH is 1. The minimum Gasteiger partial charge on any atom is -0.388 e. The number of pyridine rings is 2. The molecule has 4 aliphatic rings. The molecule has 3 atom stereocenters. The lowest BCUT2D eigenvalue weighted by Crippen LogP contribution is -2.42. The number of aliphatic hydroxyl groups is 1. The van der Waals surface area contributed by atoms with Crippen molar-refractivity contribution in [2.75, 3.05) is 13.2 Å². The van der Waals surface area contributed by atoms with Gasteiger partial charge in [-0.05, 0) is 42.2 Å². The van der Waals surface area contributed by atoms with Crippen LogP contribution < -0.4 is 0 Å². The molecule has 4 heterocycles. The molecule has 2 aliphatic heterocycles. The van der Waals surface area contributed by atoms with Gasteiger partial charge in [-0.1, -0.05) is 33.3 Å². The number of alkyl halides is 2. The van der Waals surface area contributed by atoms with Gasteiger partial charge >= 0.3 is 0 Å². The van der Waals surface area contributed by atoms with Gasteiger partial charge in [-0.2, -0.15) is 8.78 Å². The minimum atomic E-state index is -3.00. The smallest absolute Gasteiger partial charge is 0.286 e. The fraction of sp³-hybridized carbons (Fsp3) is 0.655. The van der Waals surface area contributed by atoms with Crippen LogP contribution in [0.5, 0.6) is 0 Å². The van der Waals surface area contributed by atoms with Gasteiger partial charge in [-0.3, -0.25) is 9.97 Å². The SMILES string of the molecule is CC(C)c1nc2c(c3c1[C@@H](c1ccc(C(C)(F)F)nc1)OC31CCOCC1)[C@@H](O)CC1(CCC1)[C@H]2C. The van der Waals surface area contributed by atoms with Crippen LogP contribution in [0.2, 0.25) is 0 Å². The fourth-order valence-corrected chi connectivity index (χ4v) is 7.20. The lowest BCUT2D eigenvalue weighted by Gasteiger charge is -2.52. The van der Waals surface area contributed by atoms with Crippen molar-refractivity contribution in [3.63, 3.8) is 0 Å². The number of rotatable bonds is 3. The Hall–Kier alpha value is -1.96. The zero-order valence-electron chi connectivity index (χ0n) is 21.6. The van der Waals surface area contributed by atoms with Crippen LogP contribution in [0.3, 0.4) is 0 Å². The first-order valence-electron chi connectivity index (χ1n) is 13.4. The molecule has 2 aliphatic carbocycles. The van der Waals surface area contributed by atoms with E-state index in [1.807, 2.05) is 0 Å². The van der Waals surface area contributed by atoms with E-state index in [0.717, 1.165) is 59.8 Å². The van der Waals surface area contributed by atoms with Crippen molar-refractivity contribution < 1.29 is 23.4 Å². The molecular formula is C29H36F2N2O3. The molecule has 7 heteroatoms. The van der Waals surface area contributed by atoms with Crippen LogP contribution in [0.25, 0.3) is 0 Å². The van der Waals surface area contributed by atoms with Crippen LogP contribution in [0.1, 0.15) is 130 Å². The predicted molar refractivity (Wildman–Crippen MR) is 131 cm³/mol. The molecule has 1 saturated carbocycles. The zero-order valence-corrected chi connectivity index (χ0v) is 21.6. The molecular weight excluding hydrogens is 462 g/mol. The summed E-state index contributed by atoms with van der Waals surface area (Å²) < 4.78 is 40.4. The molecule has 2 aromatic heterocycles. The Labute approximate surface area is 211 Å². The summed E-state index contributed by atoms with van der Waals surface area (Å²) in [6.07, 6.45) is 6.09. The Balaban J connectivity index is 1.57. The van der Waals surface area contributed by atoms with Crippen molar-refractivity contribution in [2.45, 2.75) is 102 Å². The molecule has 0 unspecified atom stereocenters. The average molecular weight is 499 g/mol. The van der Waals surface area contributed by atoms with Gasteiger partial charge in [0.15, 0.2) is 0 Å². The number of hydrogen-bond donors (Lipinski definition) is 1. The van der Waals surface area contributed by atoms with Gasteiger partial charge in [0.05, 0.1) is 17.4 Å². The van der Waals surface area contributed by atoms with Crippen LogP contribution in [-0.4, -0.2) is 28.3 Å². The van der Waals surface area contributed by atoms with Gasteiger partial charge in [0.25, 0.3) is 5.92 Å². The normalized spacial score (nSPS) is 28.3. The van der Waals surface area contributed by atoms with E-state index >= 15 is 0 Å². The van der Waals surface area contributed by atoms with Gasteiger partial charge in [0.1, 0.15) is 11.8 Å². The number of halogens is 2. The molecule has 0 bridgehead atoms. The Morgan fingerprint density at radius 3 is 2.39 bits per heavy atom. The molecule has 0 amide bonds. The van der Waals surface area contributed by atoms with Crippen molar-refractivity contribution in [2.24, 2.45) is 5.41 Å². The maximum Gasteiger partial charge on any atom is 0.286 e. The number of aromatic nitrogens is 2. The first kappa shape index (κ1) is 24.4. The highest BCUT2D eigenvalue weighted by atomic mass is 19.3. The summed E-state index contributed by atoms with van der Waals surface area (Å²) in [4.78, 5) is 9.40. The molecule has 0 aromatic carbocycles. The second-order valence-electron chi connectivity index (χ2n) is 11.9. The summed E-state index contributed by atoms with van der Waals surface area (Å²) in [5, 5.41) is 11.6. The number of nitrogens with zero attached hydrogens (tertiary/aromatic N) is 2. The maximum atomic E-state index is 13.9. The molecule has 6 rings (SSSR count). The topological polar surface area (TPSA) is 64.5 Å². The summed E-state index contributed by atoms with van der Waals surface area (Å²) in [6, 6.07) is 3.10. The molecule has 2 spiro atoms. The lowest BCUT2D eigenvalue weighted by molar-refractivity contribution is -0.123. The lowest BCUT2D eigenvalue weighted by atomic mass is 9.54. The van der Waals surface area contributed by atoms with Gasteiger partial charge in [-0.15, -0.1) is 0 Å². The number of fused-ring (bicyclic) bond motifs is 4. The van der Waals surface area contributed by atoms with Gasteiger partial charge in [0, 0.05) is 67.5 Å². The predicted octanol–water partition coefficient (Wildman–Crippen LogP) is 6.55. The number of ether oxygens (including phenoxy) is 2. The summed E-state index contributed by atoms with van der Waals surface area (Å²) >= 11 is 0. The molecule has 36 heavy (non-hydrogen) atoms. The average Bonchev–Trinajstić information content (AvgIpc) is 3.13. The first-order valence-corrected chi connectivity index (χ1v) is 13.4. The van der Waals surface area contributed by atoms with E-state index in [2.05, 4.69) is 25.8 Å².